The summed E-state index contributed by atoms with van der Waals surface area (Å²) in [7, 11) is 0. The molecule has 50 heavy (non-hydrogen) atoms. The number of piperidine rings is 1. The molecule has 0 saturated carbocycles. The Kier molecular flexibility index (Phi) is 9.64. The number of nitrogens with zero attached hydrogens (tertiary/aromatic N) is 8. The van der Waals surface area contributed by atoms with Gasteiger partial charge in [-0.2, -0.15) is 18.3 Å². The predicted octanol–water partition coefficient (Wildman–Crippen LogP) is 3.73. The first-order chi connectivity index (χ1) is 24.0. The number of halogens is 3. The van der Waals surface area contributed by atoms with E-state index >= 15 is 0 Å². The van der Waals surface area contributed by atoms with Gasteiger partial charge in [-0.3, -0.25) is 24.1 Å². The van der Waals surface area contributed by atoms with Crippen LogP contribution in [-0.4, -0.2) is 101 Å². The Balaban J connectivity index is 1.11. The molecule has 3 N–H and O–H groups in total. The second-order valence-electron chi connectivity index (χ2n) is 12.1. The largest absolute Gasteiger partial charge is 0.465 e. The Hall–Kier alpha value is -5.63. The summed E-state index contributed by atoms with van der Waals surface area (Å²) in [6.45, 7) is 4.27. The number of carbonyl (C=O) groups excluding carboxylic acids is 2. The maximum absolute atomic E-state index is 13.8. The minimum absolute atomic E-state index is 0.0244. The van der Waals surface area contributed by atoms with E-state index in [1.54, 1.807) is 22.0 Å². The number of carbonyl (C=O) groups is 3. The second-order valence-corrected chi connectivity index (χ2v) is 12.1. The van der Waals surface area contributed by atoms with Crippen molar-refractivity contribution in [3.63, 3.8) is 0 Å². The van der Waals surface area contributed by atoms with Gasteiger partial charge in [0.15, 0.2) is 17.2 Å². The van der Waals surface area contributed by atoms with Crippen LogP contribution in [-0.2, 0) is 23.9 Å². The van der Waals surface area contributed by atoms with Gasteiger partial charge in [-0.1, -0.05) is 12.8 Å². The molecule has 0 aliphatic carbocycles. The summed E-state index contributed by atoms with van der Waals surface area (Å²) in [5.41, 5.74) is 3.96. The molecule has 0 atom stereocenters. The van der Waals surface area contributed by atoms with Gasteiger partial charge in [-0.15, -0.1) is 6.42 Å². The van der Waals surface area contributed by atoms with Crippen molar-refractivity contribution in [2.75, 3.05) is 44.6 Å². The third-order valence-corrected chi connectivity index (χ3v) is 8.95. The normalized spacial score (nSPS) is 16.0. The van der Waals surface area contributed by atoms with Crippen molar-refractivity contribution in [2.24, 2.45) is 5.92 Å². The van der Waals surface area contributed by atoms with E-state index in [-0.39, 0.29) is 41.2 Å². The number of nitrogens with one attached hydrogen (secondary N) is 2. The fraction of sp³-hybridized carbons (Fsp3) is 0.394. The molecule has 6 rings (SSSR count). The molecule has 3 amide bonds. The van der Waals surface area contributed by atoms with Crippen molar-refractivity contribution in [3.05, 3.63) is 59.8 Å². The number of rotatable bonds is 8. The minimum Gasteiger partial charge on any atom is -0.465 e. The standard InChI is InChI=1S/C33H35F3N10O4/c1-3-10-45-20-25(27(40-45)33(34,35)36)26-19-38-29-28(37-9-13-46(26)29)39-23-5-6-24(21(4-2)18-23)30(47)41-44-16-14-42(15-17-44)31(48)22-7-11-43(12-8-22)32(49)50/h1,5-6,9,13,18-20,22H,4,7-8,10-12,14-17H2,2H3,(H,37,39)(H,41,47)(H,49,50). The first-order valence-electron chi connectivity index (χ1n) is 16.1. The highest BCUT2D eigenvalue weighted by atomic mass is 19.4. The van der Waals surface area contributed by atoms with Crippen LogP contribution in [0, 0.1) is 18.3 Å². The van der Waals surface area contributed by atoms with Crippen LogP contribution in [0.1, 0.15) is 41.4 Å². The minimum atomic E-state index is -4.71. The van der Waals surface area contributed by atoms with E-state index < -0.39 is 18.0 Å². The number of aryl methyl sites for hydroxylation is 1. The number of likely N-dealkylation sites (tertiary alicyclic amines) is 1. The van der Waals surface area contributed by atoms with E-state index in [0.29, 0.717) is 75.6 Å². The Morgan fingerprint density at radius 3 is 2.46 bits per heavy atom. The van der Waals surface area contributed by atoms with Gasteiger partial charge in [0.2, 0.25) is 5.91 Å². The first kappa shape index (κ1) is 34.2. The number of terminal acetylenes is 1. The summed E-state index contributed by atoms with van der Waals surface area (Å²) >= 11 is 0. The number of carboxylic acid groups (broad SMARTS) is 1. The van der Waals surface area contributed by atoms with Crippen LogP contribution in [0.3, 0.4) is 0 Å². The van der Waals surface area contributed by atoms with Crippen LogP contribution in [0.25, 0.3) is 16.9 Å². The maximum Gasteiger partial charge on any atom is 0.435 e. The Morgan fingerprint density at radius 2 is 1.80 bits per heavy atom. The lowest BCUT2D eigenvalue weighted by Crippen LogP contribution is -2.56. The quantitative estimate of drug-likeness (QED) is 0.235. The molecule has 3 aromatic heterocycles. The number of alkyl halides is 3. The maximum atomic E-state index is 13.8. The number of anilines is 2. The van der Waals surface area contributed by atoms with Gasteiger partial charge in [0.1, 0.15) is 6.54 Å². The average Bonchev–Trinajstić information content (AvgIpc) is 3.73. The van der Waals surface area contributed by atoms with Crippen LogP contribution >= 0.6 is 0 Å². The number of imidazole rings is 1. The molecule has 0 radical (unpaired) electrons. The number of hydrogen-bond donors (Lipinski definition) is 3. The van der Waals surface area contributed by atoms with E-state index in [1.165, 1.54) is 34.1 Å². The number of amides is 3. The summed E-state index contributed by atoms with van der Waals surface area (Å²) in [5.74, 6) is 2.12. The molecule has 17 heteroatoms. The number of benzene rings is 1. The van der Waals surface area contributed by atoms with Gasteiger partial charge in [-0.05, 0) is 43.0 Å². The van der Waals surface area contributed by atoms with Crippen LogP contribution in [0.4, 0.5) is 29.5 Å². The smallest absolute Gasteiger partial charge is 0.435 e. The number of aromatic nitrogens is 5. The fourth-order valence-corrected chi connectivity index (χ4v) is 6.34. The highest BCUT2D eigenvalue weighted by Gasteiger charge is 2.38. The van der Waals surface area contributed by atoms with Gasteiger partial charge in [0.05, 0.1) is 17.5 Å². The van der Waals surface area contributed by atoms with Crippen molar-refractivity contribution >= 4 is 35.1 Å². The Morgan fingerprint density at radius 1 is 1.06 bits per heavy atom. The molecule has 2 fully saturated rings. The lowest BCUT2D eigenvalue weighted by atomic mass is 9.95. The van der Waals surface area contributed by atoms with Crippen molar-refractivity contribution in [1.29, 1.82) is 0 Å². The number of piperazine rings is 1. The summed E-state index contributed by atoms with van der Waals surface area (Å²) in [4.78, 5) is 49.4. The molecule has 2 aliphatic rings. The molecule has 1 aromatic carbocycles. The van der Waals surface area contributed by atoms with Crippen molar-refractivity contribution in [3.8, 4) is 23.6 Å². The molecule has 2 aliphatic heterocycles. The van der Waals surface area contributed by atoms with E-state index in [0.717, 1.165) is 10.2 Å². The Bertz CT molecular complexity index is 1950. The summed E-state index contributed by atoms with van der Waals surface area (Å²) in [6.07, 6.45) is 6.66. The van der Waals surface area contributed by atoms with Gasteiger partial charge in [0.25, 0.3) is 5.91 Å². The zero-order chi connectivity index (χ0) is 35.6. The zero-order valence-corrected chi connectivity index (χ0v) is 27.2. The van der Waals surface area contributed by atoms with Crippen molar-refractivity contribution < 1.29 is 32.7 Å². The number of hydrazine groups is 1. The van der Waals surface area contributed by atoms with Crippen LogP contribution < -0.4 is 10.7 Å². The molecule has 2 saturated heterocycles. The molecule has 0 spiro atoms. The van der Waals surface area contributed by atoms with Gasteiger partial charge < -0.3 is 20.2 Å². The number of fused-ring (bicyclic) bond motifs is 1. The van der Waals surface area contributed by atoms with Crippen molar-refractivity contribution in [2.45, 2.75) is 38.9 Å². The highest BCUT2D eigenvalue weighted by Crippen LogP contribution is 2.37. The second kappa shape index (κ2) is 14.1. The van der Waals surface area contributed by atoms with Crippen molar-refractivity contribution in [1.82, 2.24) is 44.4 Å². The lowest BCUT2D eigenvalue weighted by molar-refractivity contribution is -0.141. The fourth-order valence-electron chi connectivity index (χ4n) is 6.34. The first-order valence-corrected chi connectivity index (χ1v) is 16.1. The monoisotopic (exact) mass is 692 g/mol. The van der Waals surface area contributed by atoms with Gasteiger partial charge in [0, 0.05) is 75.0 Å². The predicted molar refractivity (Wildman–Crippen MR) is 175 cm³/mol. The van der Waals surface area contributed by atoms with Crippen LogP contribution in [0.2, 0.25) is 0 Å². The molecule has 14 nitrogen and oxygen atoms in total. The number of hydrogen-bond acceptors (Lipinski definition) is 8. The van der Waals surface area contributed by atoms with Gasteiger partial charge >= 0.3 is 12.3 Å². The summed E-state index contributed by atoms with van der Waals surface area (Å²) in [5, 5.41) is 17.8. The topological polar surface area (TPSA) is 153 Å². The lowest BCUT2D eigenvalue weighted by Gasteiger charge is -2.38. The molecule has 0 bridgehead atoms. The highest BCUT2D eigenvalue weighted by molar-refractivity contribution is 5.96. The average molecular weight is 693 g/mol. The molecule has 4 aromatic rings. The van der Waals surface area contributed by atoms with E-state index in [2.05, 4.69) is 31.7 Å². The van der Waals surface area contributed by atoms with E-state index in [1.807, 2.05) is 13.0 Å². The third-order valence-electron chi connectivity index (χ3n) is 8.95. The van der Waals surface area contributed by atoms with E-state index in [9.17, 15) is 27.6 Å². The van der Waals surface area contributed by atoms with Gasteiger partial charge in [-0.25, -0.2) is 19.8 Å². The van der Waals surface area contributed by atoms with E-state index in [4.69, 9.17) is 11.5 Å². The van der Waals surface area contributed by atoms with Crippen LogP contribution in [0.15, 0.2) is 43.0 Å². The summed E-state index contributed by atoms with van der Waals surface area (Å²) < 4.78 is 44.1. The third kappa shape index (κ3) is 7.06. The molecular weight excluding hydrogens is 657 g/mol. The molecule has 0 unspecified atom stereocenters. The SMILES string of the molecule is C#CCn1cc(-c2cnc3c(Nc4ccc(C(=O)NN5CCN(C(=O)C6CCN(C(=O)O)CC6)CC5)c(CC)c4)nccn23)c(C(F)(F)F)n1. The van der Waals surface area contributed by atoms with Crippen LogP contribution in [0.5, 0.6) is 0 Å². The zero-order valence-electron chi connectivity index (χ0n) is 27.2. The molecule has 262 valence electrons. The summed E-state index contributed by atoms with van der Waals surface area (Å²) in [6, 6.07) is 5.20. The molecule has 5 heterocycles. The Labute approximate surface area is 284 Å². The molecular formula is C33H35F3N10O4.